The fourth-order valence-corrected chi connectivity index (χ4v) is 0.959. The van der Waals surface area contributed by atoms with E-state index in [-0.39, 0.29) is 18.0 Å². The van der Waals surface area contributed by atoms with Crippen LogP contribution in [0.25, 0.3) is 0 Å². The van der Waals surface area contributed by atoms with E-state index in [0.29, 0.717) is 0 Å². The SMILES string of the molecule is COC(=O)[C@H](N)c1cc(F)c[nH]c1=O.Cl. The molecule has 0 aliphatic rings. The fourth-order valence-electron chi connectivity index (χ4n) is 0.959. The lowest BCUT2D eigenvalue weighted by molar-refractivity contribution is -0.142. The zero-order valence-electron chi connectivity index (χ0n) is 7.82. The second-order valence-corrected chi connectivity index (χ2v) is 2.60. The first-order valence-corrected chi connectivity index (χ1v) is 3.77. The van der Waals surface area contributed by atoms with Crippen LogP contribution in [-0.2, 0) is 9.53 Å². The first-order chi connectivity index (χ1) is 6.56. The Bertz CT molecular complexity index is 407. The molecule has 3 N–H and O–H groups in total. The number of pyridine rings is 1. The average molecular weight is 237 g/mol. The number of esters is 1. The lowest BCUT2D eigenvalue weighted by atomic mass is 10.1. The molecule has 0 fully saturated rings. The molecule has 7 heteroatoms. The fraction of sp³-hybridized carbons (Fsp3) is 0.250. The van der Waals surface area contributed by atoms with E-state index < -0.39 is 23.4 Å². The van der Waals surface area contributed by atoms with Crippen molar-refractivity contribution in [1.82, 2.24) is 4.98 Å². The van der Waals surface area contributed by atoms with Crippen molar-refractivity contribution in [3.05, 3.63) is 34.0 Å². The number of aromatic amines is 1. The minimum atomic E-state index is -1.26. The number of hydrogen-bond acceptors (Lipinski definition) is 4. The van der Waals surface area contributed by atoms with Crippen LogP contribution in [0.3, 0.4) is 0 Å². The summed E-state index contributed by atoms with van der Waals surface area (Å²) in [6.45, 7) is 0. The number of hydrogen-bond donors (Lipinski definition) is 2. The van der Waals surface area contributed by atoms with Gasteiger partial charge in [-0.05, 0) is 6.07 Å². The number of carbonyl (C=O) groups is 1. The van der Waals surface area contributed by atoms with Crippen molar-refractivity contribution in [1.29, 1.82) is 0 Å². The van der Waals surface area contributed by atoms with E-state index >= 15 is 0 Å². The Morgan fingerprint density at radius 1 is 1.67 bits per heavy atom. The maximum absolute atomic E-state index is 12.7. The van der Waals surface area contributed by atoms with E-state index in [1.165, 1.54) is 0 Å². The number of H-pyrrole nitrogens is 1. The van der Waals surface area contributed by atoms with Gasteiger partial charge in [-0.2, -0.15) is 0 Å². The molecule has 15 heavy (non-hydrogen) atoms. The summed E-state index contributed by atoms with van der Waals surface area (Å²) in [6, 6.07) is -0.361. The molecule has 1 rings (SSSR count). The number of ether oxygens (including phenoxy) is 1. The Morgan fingerprint density at radius 3 is 2.80 bits per heavy atom. The van der Waals surface area contributed by atoms with Crippen LogP contribution in [0.2, 0.25) is 0 Å². The number of nitrogens with two attached hydrogens (primary N) is 1. The molecule has 0 spiro atoms. The third-order valence-electron chi connectivity index (χ3n) is 1.69. The van der Waals surface area contributed by atoms with Crippen molar-refractivity contribution in [2.75, 3.05) is 7.11 Å². The average Bonchev–Trinajstić information content (AvgIpc) is 2.19. The molecular weight excluding hydrogens is 227 g/mol. The smallest absolute Gasteiger partial charge is 0.327 e. The zero-order valence-corrected chi connectivity index (χ0v) is 8.64. The van der Waals surface area contributed by atoms with E-state index in [0.717, 1.165) is 19.4 Å². The molecule has 1 heterocycles. The molecule has 0 saturated heterocycles. The predicted octanol–water partition coefficient (Wildman–Crippen LogP) is 0.109. The van der Waals surface area contributed by atoms with Crippen LogP contribution >= 0.6 is 12.4 Å². The van der Waals surface area contributed by atoms with Crippen molar-refractivity contribution in [3.8, 4) is 0 Å². The maximum atomic E-state index is 12.7. The Labute approximate surface area is 90.8 Å². The topological polar surface area (TPSA) is 85.2 Å². The van der Waals surface area contributed by atoms with Crippen molar-refractivity contribution >= 4 is 18.4 Å². The number of methoxy groups -OCH3 is 1. The molecule has 1 aromatic rings. The minimum absolute atomic E-state index is 0. The Hall–Kier alpha value is -1.40. The van der Waals surface area contributed by atoms with Gasteiger partial charge in [0.1, 0.15) is 11.9 Å². The van der Waals surface area contributed by atoms with Gasteiger partial charge in [-0.15, -0.1) is 12.4 Å². The maximum Gasteiger partial charge on any atom is 0.327 e. The molecule has 0 amide bonds. The van der Waals surface area contributed by atoms with E-state index in [1.54, 1.807) is 0 Å². The number of aromatic nitrogens is 1. The van der Waals surface area contributed by atoms with Gasteiger partial charge in [0.25, 0.3) is 5.56 Å². The van der Waals surface area contributed by atoms with Crippen LogP contribution in [0.5, 0.6) is 0 Å². The van der Waals surface area contributed by atoms with Crippen LogP contribution in [0, 0.1) is 5.82 Å². The Balaban J connectivity index is 0.00000196. The summed E-state index contributed by atoms with van der Waals surface area (Å²) < 4.78 is 17.0. The van der Waals surface area contributed by atoms with Crippen molar-refractivity contribution in [3.63, 3.8) is 0 Å². The summed E-state index contributed by atoms with van der Waals surface area (Å²) >= 11 is 0. The van der Waals surface area contributed by atoms with Gasteiger partial charge < -0.3 is 15.5 Å². The van der Waals surface area contributed by atoms with Crippen molar-refractivity contribution in [2.45, 2.75) is 6.04 Å². The lowest BCUT2D eigenvalue weighted by Gasteiger charge is -2.07. The van der Waals surface area contributed by atoms with E-state index in [2.05, 4.69) is 9.72 Å². The second kappa shape index (κ2) is 5.47. The van der Waals surface area contributed by atoms with E-state index in [4.69, 9.17) is 5.73 Å². The first-order valence-electron chi connectivity index (χ1n) is 3.77. The van der Waals surface area contributed by atoms with Crippen LogP contribution in [0.15, 0.2) is 17.1 Å². The minimum Gasteiger partial charge on any atom is -0.468 e. The molecule has 0 aliphatic heterocycles. The van der Waals surface area contributed by atoms with Gasteiger partial charge in [0.15, 0.2) is 0 Å². The monoisotopic (exact) mass is 236 g/mol. The van der Waals surface area contributed by atoms with Crippen LogP contribution in [0.1, 0.15) is 11.6 Å². The van der Waals surface area contributed by atoms with Crippen molar-refractivity contribution in [2.24, 2.45) is 5.73 Å². The van der Waals surface area contributed by atoms with Crippen LogP contribution < -0.4 is 11.3 Å². The quantitative estimate of drug-likeness (QED) is 0.714. The molecular formula is C8H10ClFN2O3. The van der Waals surface area contributed by atoms with Gasteiger partial charge in [-0.1, -0.05) is 0 Å². The highest BCUT2D eigenvalue weighted by atomic mass is 35.5. The third-order valence-corrected chi connectivity index (χ3v) is 1.69. The first kappa shape index (κ1) is 13.6. The predicted molar refractivity (Wildman–Crippen MR) is 53.2 cm³/mol. The summed E-state index contributed by atoms with van der Waals surface area (Å²) in [6.07, 6.45) is 0.885. The van der Waals surface area contributed by atoms with E-state index in [9.17, 15) is 14.0 Å². The highest BCUT2D eigenvalue weighted by Crippen LogP contribution is 2.07. The van der Waals surface area contributed by atoms with Crippen LogP contribution in [-0.4, -0.2) is 18.1 Å². The van der Waals surface area contributed by atoms with Crippen molar-refractivity contribution < 1.29 is 13.9 Å². The van der Waals surface area contributed by atoms with Gasteiger partial charge in [-0.3, -0.25) is 9.59 Å². The highest BCUT2D eigenvalue weighted by Gasteiger charge is 2.19. The lowest BCUT2D eigenvalue weighted by Crippen LogP contribution is -2.29. The van der Waals surface area contributed by atoms with Gasteiger partial charge in [0, 0.05) is 11.8 Å². The summed E-state index contributed by atoms with van der Waals surface area (Å²) in [4.78, 5) is 24.2. The van der Waals surface area contributed by atoms with Gasteiger partial charge >= 0.3 is 5.97 Å². The summed E-state index contributed by atoms with van der Waals surface area (Å²) in [5.41, 5.74) is 4.59. The number of halogens is 2. The highest BCUT2D eigenvalue weighted by molar-refractivity contribution is 5.85. The standard InChI is InChI=1S/C8H9FN2O3.ClH/c1-14-8(13)6(10)5-2-4(9)3-11-7(5)12;/h2-3,6H,10H2,1H3,(H,11,12);1H/t6-;/m1./s1. The zero-order chi connectivity index (χ0) is 10.7. The summed E-state index contributed by atoms with van der Waals surface area (Å²) in [5.74, 6) is -1.46. The van der Waals surface area contributed by atoms with Gasteiger partial charge in [0.05, 0.1) is 7.11 Å². The number of nitrogens with one attached hydrogen (secondary N) is 1. The molecule has 0 aromatic carbocycles. The molecule has 5 nitrogen and oxygen atoms in total. The Morgan fingerprint density at radius 2 is 2.27 bits per heavy atom. The number of rotatable bonds is 2. The van der Waals surface area contributed by atoms with Gasteiger partial charge in [-0.25, -0.2) is 4.39 Å². The second-order valence-electron chi connectivity index (χ2n) is 2.60. The molecule has 0 radical (unpaired) electrons. The molecule has 1 atom stereocenters. The molecule has 1 aromatic heterocycles. The Kier molecular flexibility index (Phi) is 4.96. The molecule has 0 aliphatic carbocycles. The third kappa shape index (κ3) is 3.03. The molecule has 0 unspecified atom stereocenters. The summed E-state index contributed by atoms with van der Waals surface area (Å²) in [7, 11) is 1.13. The normalized spacial score (nSPS) is 11.4. The van der Waals surface area contributed by atoms with E-state index in [1.807, 2.05) is 0 Å². The van der Waals surface area contributed by atoms with Gasteiger partial charge in [0.2, 0.25) is 0 Å². The molecule has 0 saturated carbocycles. The largest absolute Gasteiger partial charge is 0.468 e. The van der Waals surface area contributed by atoms with Crippen LogP contribution in [0.4, 0.5) is 4.39 Å². The molecule has 0 bridgehead atoms. The summed E-state index contributed by atoms with van der Waals surface area (Å²) in [5, 5.41) is 0. The molecule has 84 valence electrons. The number of carbonyl (C=O) groups excluding carboxylic acids is 1.